The largest absolute Gasteiger partial charge is 0.387 e. The number of aryl methyl sites for hydroxylation is 1. The van der Waals surface area contributed by atoms with E-state index in [1.165, 1.54) is 32.1 Å². The van der Waals surface area contributed by atoms with E-state index in [9.17, 15) is 5.11 Å². The van der Waals surface area contributed by atoms with Gasteiger partial charge in [0, 0.05) is 19.1 Å². The third kappa shape index (κ3) is 3.11. The van der Waals surface area contributed by atoms with Crippen molar-refractivity contribution in [2.75, 3.05) is 0 Å². The zero-order valence-electron chi connectivity index (χ0n) is 12.9. The highest BCUT2D eigenvalue weighted by Gasteiger charge is 2.21. The van der Waals surface area contributed by atoms with Gasteiger partial charge in [-0.2, -0.15) is 0 Å². The monoisotopic (exact) mass is 287 g/mol. The summed E-state index contributed by atoms with van der Waals surface area (Å²) >= 11 is 0. The number of nitrogens with zero attached hydrogens (tertiary/aromatic N) is 2. The van der Waals surface area contributed by atoms with Crippen molar-refractivity contribution < 1.29 is 5.11 Å². The Morgan fingerprint density at radius 2 is 2.05 bits per heavy atom. The van der Waals surface area contributed by atoms with Crippen LogP contribution in [0.4, 0.5) is 0 Å². The summed E-state index contributed by atoms with van der Waals surface area (Å²) in [4.78, 5) is 4.37. The number of nitrogens with one attached hydrogen (secondary N) is 1. The molecule has 4 nitrogen and oxygen atoms in total. The van der Waals surface area contributed by atoms with Gasteiger partial charge in [0.1, 0.15) is 0 Å². The van der Waals surface area contributed by atoms with Gasteiger partial charge in [-0.3, -0.25) is 0 Å². The first-order valence-corrected chi connectivity index (χ1v) is 8.00. The molecule has 0 spiro atoms. The van der Waals surface area contributed by atoms with E-state index < -0.39 is 6.10 Å². The van der Waals surface area contributed by atoms with Crippen LogP contribution >= 0.6 is 0 Å². The molecule has 1 saturated carbocycles. The Morgan fingerprint density at radius 1 is 1.29 bits per heavy atom. The normalized spacial score (nSPS) is 19.8. The highest BCUT2D eigenvalue weighted by Crippen LogP contribution is 2.24. The first kappa shape index (κ1) is 14.5. The fourth-order valence-corrected chi connectivity index (χ4v) is 3.36. The molecule has 3 rings (SSSR count). The predicted octanol–water partition coefficient (Wildman–Crippen LogP) is 2.92. The maximum Gasteiger partial charge on any atom is 0.0955 e. The van der Waals surface area contributed by atoms with E-state index in [2.05, 4.69) is 17.2 Å². The SMILES string of the molecule is CC(NC1CCCCC1)C(O)c1ccc2c(c1)ncn2C. The second kappa shape index (κ2) is 6.16. The van der Waals surface area contributed by atoms with E-state index in [1.807, 2.05) is 36.1 Å². The Morgan fingerprint density at radius 3 is 2.81 bits per heavy atom. The van der Waals surface area contributed by atoms with E-state index in [1.54, 1.807) is 0 Å². The Balaban J connectivity index is 1.71. The molecule has 1 heterocycles. The third-order valence-corrected chi connectivity index (χ3v) is 4.67. The van der Waals surface area contributed by atoms with Gasteiger partial charge in [0.15, 0.2) is 0 Å². The first-order chi connectivity index (χ1) is 10.1. The topological polar surface area (TPSA) is 50.1 Å². The molecule has 2 atom stereocenters. The van der Waals surface area contributed by atoms with Crippen molar-refractivity contribution in [3.63, 3.8) is 0 Å². The summed E-state index contributed by atoms with van der Waals surface area (Å²) in [6.45, 7) is 2.07. The number of fused-ring (bicyclic) bond motifs is 1. The lowest BCUT2D eigenvalue weighted by Crippen LogP contribution is -2.41. The van der Waals surface area contributed by atoms with Crippen molar-refractivity contribution in [1.29, 1.82) is 0 Å². The van der Waals surface area contributed by atoms with Crippen LogP contribution in [0.1, 0.15) is 50.7 Å². The molecular formula is C17H25N3O. The minimum absolute atomic E-state index is 0.0641. The molecule has 114 valence electrons. The van der Waals surface area contributed by atoms with E-state index >= 15 is 0 Å². The van der Waals surface area contributed by atoms with Crippen LogP contribution in [-0.2, 0) is 7.05 Å². The molecule has 2 unspecified atom stereocenters. The van der Waals surface area contributed by atoms with Crippen molar-refractivity contribution in [3.05, 3.63) is 30.1 Å². The highest BCUT2D eigenvalue weighted by atomic mass is 16.3. The maximum atomic E-state index is 10.6. The Labute approximate surface area is 126 Å². The van der Waals surface area contributed by atoms with Crippen LogP contribution in [0.5, 0.6) is 0 Å². The van der Waals surface area contributed by atoms with Crippen molar-refractivity contribution in [3.8, 4) is 0 Å². The van der Waals surface area contributed by atoms with Crippen LogP contribution in [0.15, 0.2) is 24.5 Å². The Bertz CT molecular complexity index is 601. The van der Waals surface area contributed by atoms with Gasteiger partial charge in [0.25, 0.3) is 0 Å². The molecule has 0 amide bonds. The van der Waals surface area contributed by atoms with Crippen LogP contribution in [0.2, 0.25) is 0 Å². The Hall–Kier alpha value is -1.39. The molecule has 1 fully saturated rings. The van der Waals surface area contributed by atoms with Gasteiger partial charge in [0.05, 0.1) is 23.5 Å². The lowest BCUT2D eigenvalue weighted by molar-refractivity contribution is 0.125. The minimum Gasteiger partial charge on any atom is -0.387 e. The molecule has 1 aliphatic carbocycles. The van der Waals surface area contributed by atoms with E-state index in [-0.39, 0.29) is 6.04 Å². The second-order valence-corrected chi connectivity index (χ2v) is 6.34. The number of imidazole rings is 1. The molecule has 4 heteroatoms. The van der Waals surface area contributed by atoms with Crippen molar-refractivity contribution in [2.24, 2.45) is 7.05 Å². The van der Waals surface area contributed by atoms with Gasteiger partial charge in [-0.05, 0) is 37.5 Å². The minimum atomic E-state index is -0.488. The molecule has 21 heavy (non-hydrogen) atoms. The number of hydrogen-bond donors (Lipinski definition) is 2. The molecule has 0 saturated heterocycles. The number of rotatable bonds is 4. The summed E-state index contributed by atoms with van der Waals surface area (Å²) in [5.41, 5.74) is 2.98. The van der Waals surface area contributed by atoms with Crippen molar-refractivity contribution >= 4 is 11.0 Å². The fraction of sp³-hybridized carbons (Fsp3) is 0.588. The standard InChI is InChI=1S/C17H25N3O/c1-12(19-14-6-4-3-5-7-14)17(21)13-8-9-16-15(10-13)18-11-20(16)2/h8-12,14,17,19,21H,3-7H2,1-2H3. The average Bonchev–Trinajstić information content (AvgIpc) is 2.88. The zero-order chi connectivity index (χ0) is 14.8. The molecule has 1 aromatic carbocycles. The van der Waals surface area contributed by atoms with Gasteiger partial charge in [-0.25, -0.2) is 4.98 Å². The van der Waals surface area contributed by atoms with E-state index in [0.717, 1.165) is 16.6 Å². The average molecular weight is 287 g/mol. The maximum absolute atomic E-state index is 10.6. The lowest BCUT2D eigenvalue weighted by atomic mass is 9.93. The number of aromatic nitrogens is 2. The van der Waals surface area contributed by atoms with Crippen LogP contribution in [0.25, 0.3) is 11.0 Å². The molecule has 2 N–H and O–H groups in total. The summed E-state index contributed by atoms with van der Waals surface area (Å²) in [5, 5.41) is 14.2. The lowest BCUT2D eigenvalue weighted by Gasteiger charge is -2.29. The number of hydrogen-bond acceptors (Lipinski definition) is 3. The molecule has 0 aliphatic heterocycles. The quantitative estimate of drug-likeness (QED) is 0.909. The third-order valence-electron chi connectivity index (χ3n) is 4.67. The molecule has 1 aromatic heterocycles. The van der Waals surface area contributed by atoms with Gasteiger partial charge in [-0.15, -0.1) is 0 Å². The summed E-state index contributed by atoms with van der Waals surface area (Å²) < 4.78 is 2.00. The summed E-state index contributed by atoms with van der Waals surface area (Å²) in [6.07, 6.45) is 7.75. The van der Waals surface area contributed by atoms with Crippen LogP contribution in [0.3, 0.4) is 0 Å². The van der Waals surface area contributed by atoms with E-state index in [4.69, 9.17) is 0 Å². The van der Waals surface area contributed by atoms with Crippen LogP contribution in [0, 0.1) is 0 Å². The molecule has 0 radical (unpaired) electrons. The van der Waals surface area contributed by atoms with Crippen LogP contribution < -0.4 is 5.32 Å². The smallest absolute Gasteiger partial charge is 0.0955 e. The van der Waals surface area contributed by atoms with Gasteiger partial charge in [-0.1, -0.05) is 25.3 Å². The molecule has 0 bridgehead atoms. The van der Waals surface area contributed by atoms with Crippen molar-refractivity contribution in [2.45, 2.75) is 57.2 Å². The summed E-state index contributed by atoms with van der Waals surface area (Å²) in [5.74, 6) is 0. The van der Waals surface area contributed by atoms with Crippen LogP contribution in [-0.4, -0.2) is 26.7 Å². The first-order valence-electron chi connectivity index (χ1n) is 8.00. The predicted molar refractivity (Wildman–Crippen MR) is 85.1 cm³/mol. The zero-order valence-corrected chi connectivity index (χ0v) is 12.9. The van der Waals surface area contributed by atoms with Gasteiger partial charge >= 0.3 is 0 Å². The molecular weight excluding hydrogens is 262 g/mol. The number of benzene rings is 1. The number of aliphatic hydroxyl groups is 1. The summed E-state index contributed by atoms with van der Waals surface area (Å²) in [6, 6.07) is 6.66. The van der Waals surface area contributed by atoms with Gasteiger partial charge < -0.3 is 15.0 Å². The number of aliphatic hydroxyl groups excluding tert-OH is 1. The molecule has 1 aliphatic rings. The molecule has 2 aromatic rings. The fourth-order valence-electron chi connectivity index (χ4n) is 3.36. The second-order valence-electron chi connectivity index (χ2n) is 6.34. The van der Waals surface area contributed by atoms with E-state index in [0.29, 0.717) is 6.04 Å². The highest BCUT2D eigenvalue weighted by molar-refractivity contribution is 5.76. The summed E-state index contributed by atoms with van der Waals surface area (Å²) in [7, 11) is 1.98. The Kier molecular flexibility index (Phi) is 4.27. The van der Waals surface area contributed by atoms with Gasteiger partial charge in [0.2, 0.25) is 0 Å². The van der Waals surface area contributed by atoms with Crippen molar-refractivity contribution in [1.82, 2.24) is 14.9 Å².